The van der Waals surface area contributed by atoms with Crippen LogP contribution in [0.1, 0.15) is 12.8 Å². The van der Waals surface area contributed by atoms with Gasteiger partial charge in [-0.15, -0.1) is 10.2 Å². The number of benzene rings is 1. The molecule has 4 rings (SSSR count). The number of hydrogen-bond acceptors (Lipinski definition) is 5. The van der Waals surface area contributed by atoms with Gasteiger partial charge in [0.15, 0.2) is 5.82 Å². The topological polar surface area (TPSA) is 75.4 Å². The van der Waals surface area contributed by atoms with Crippen molar-refractivity contribution in [3.8, 4) is 0 Å². The Morgan fingerprint density at radius 2 is 2.12 bits per heavy atom. The van der Waals surface area contributed by atoms with Gasteiger partial charge in [-0.3, -0.25) is 9.20 Å². The first-order chi connectivity index (χ1) is 12.2. The van der Waals surface area contributed by atoms with Gasteiger partial charge in [0.2, 0.25) is 11.6 Å². The van der Waals surface area contributed by atoms with Crippen molar-refractivity contribution in [1.82, 2.24) is 19.6 Å². The molecule has 0 unspecified atom stereocenters. The molecule has 0 spiro atoms. The monoisotopic (exact) mass is 340 g/mol. The maximum atomic E-state index is 13.2. The summed E-state index contributed by atoms with van der Waals surface area (Å²) in [6.45, 7) is 1.42. The van der Waals surface area contributed by atoms with E-state index in [1.54, 1.807) is 30.9 Å². The predicted molar refractivity (Wildman–Crippen MR) is 90.7 cm³/mol. The van der Waals surface area contributed by atoms with Crippen LogP contribution in [0.25, 0.3) is 5.65 Å². The molecule has 8 heteroatoms. The first-order valence-corrected chi connectivity index (χ1v) is 8.16. The lowest BCUT2D eigenvalue weighted by Gasteiger charge is -2.32. The lowest BCUT2D eigenvalue weighted by atomic mass is 9.96. The second-order valence-corrected chi connectivity index (χ2v) is 6.07. The van der Waals surface area contributed by atoms with Gasteiger partial charge in [0.05, 0.1) is 0 Å². The van der Waals surface area contributed by atoms with E-state index in [9.17, 15) is 9.18 Å². The van der Waals surface area contributed by atoms with Crippen LogP contribution in [-0.4, -0.2) is 38.6 Å². The number of nitrogens with one attached hydrogen (secondary N) is 1. The molecule has 128 valence electrons. The number of piperidine rings is 1. The van der Waals surface area contributed by atoms with E-state index in [0.717, 1.165) is 5.82 Å². The standard InChI is InChI=1S/C17H17FN6O/c18-13-2-1-3-14(10-13)21-17(25)12-4-7-23(8-5-12)15-16-22-20-11-24(16)9-6-19-15/h1-3,6,9-12H,4-5,7-8H2,(H,21,25). The molecule has 0 aliphatic carbocycles. The number of halogens is 1. The SMILES string of the molecule is O=C(Nc1cccc(F)c1)C1CCN(c2nccn3cnnc23)CC1. The number of amides is 1. The fourth-order valence-electron chi connectivity index (χ4n) is 3.13. The second kappa shape index (κ2) is 6.46. The zero-order chi connectivity index (χ0) is 17.2. The van der Waals surface area contributed by atoms with Crippen molar-refractivity contribution in [2.75, 3.05) is 23.3 Å². The van der Waals surface area contributed by atoms with Gasteiger partial charge in [-0.05, 0) is 31.0 Å². The molecule has 0 bridgehead atoms. The van der Waals surface area contributed by atoms with E-state index < -0.39 is 0 Å². The van der Waals surface area contributed by atoms with Crippen molar-refractivity contribution in [3.63, 3.8) is 0 Å². The molecule has 1 amide bonds. The Morgan fingerprint density at radius 1 is 1.28 bits per heavy atom. The third kappa shape index (κ3) is 3.15. The molecular formula is C17H17FN6O. The molecule has 0 radical (unpaired) electrons. The smallest absolute Gasteiger partial charge is 0.227 e. The summed E-state index contributed by atoms with van der Waals surface area (Å²) in [5.41, 5.74) is 1.20. The van der Waals surface area contributed by atoms with Crippen LogP contribution in [0.15, 0.2) is 43.0 Å². The number of carbonyl (C=O) groups is 1. The van der Waals surface area contributed by atoms with Crippen molar-refractivity contribution >= 4 is 23.1 Å². The number of nitrogens with zero attached hydrogens (tertiary/aromatic N) is 5. The van der Waals surface area contributed by atoms with E-state index in [1.807, 2.05) is 4.40 Å². The highest BCUT2D eigenvalue weighted by Crippen LogP contribution is 2.25. The van der Waals surface area contributed by atoms with E-state index in [0.29, 0.717) is 37.3 Å². The highest BCUT2D eigenvalue weighted by molar-refractivity contribution is 5.92. The van der Waals surface area contributed by atoms with Crippen LogP contribution in [0.5, 0.6) is 0 Å². The van der Waals surface area contributed by atoms with Crippen molar-refractivity contribution in [2.45, 2.75) is 12.8 Å². The molecule has 1 aromatic carbocycles. The molecule has 7 nitrogen and oxygen atoms in total. The fourth-order valence-corrected chi connectivity index (χ4v) is 3.13. The van der Waals surface area contributed by atoms with Gasteiger partial charge >= 0.3 is 0 Å². The van der Waals surface area contributed by atoms with Crippen LogP contribution in [0.3, 0.4) is 0 Å². The average Bonchev–Trinajstić information content (AvgIpc) is 3.10. The Hall–Kier alpha value is -3.03. The zero-order valence-electron chi connectivity index (χ0n) is 13.5. The fraction of sp³-hybridized carbons (Fsp3) is 0.294. The number of aromatic nitrogens is 4. The number of fused-ring (bicyclic) bond motifs is 1. The molecule has 25 heavy (non-hydrogen) atoms. The first kappa shape index (κ1) is 15.5. The molecule has 1 fully saturated rings. The van der Waals surface area contributed by atoms with Crippen molar-refractivity contribution in [1.29, 1.82) is 0 Å². The summed E-state index contributed by atoms with van der Waals surface area (Å²) in [5.74, 6) is 0.250. The van der Waals surface area contributed by atoms with E-state index in [1.165, 1.54) is 12.1 Å². The van der Waals surface area contributed by atoms with Crippen LogP contribution in [0.4, 0.5) is 15.9 Å². The minimum atomic E-state index is -0.361. The Kier molecular flexibility index (Phi) is 4.01. The van der Waals surface area contributed by atoms with E-state index in [2.05, 4.69) is 25.4 Å². The van der Waals surface area contributed by atoms with Crippen LogP contribution in [-0.2, 0) is 4.79 Å². The first-order valence-electron chi connectivity index (χ1n) is 8.16. The minimum absolute atomic E-state index is 0.0705. The summed E-state index contributed by atoms with van der Waals surface area (Å²) in [5, 5.41) is 10.8. The maximum absolute atomic E-state index is 13.2. The van der Waals surface area contributed by atoms with E-state index in [4.69, 9.17) is 0 Å². The second-order valence-electron chi connectivity index (χ2n) is 6.07. The van der Waals surface area contributed by atoms with Gasteiger partial charge in [-0.25, -0.2) is 9.37 Å². The molecule has 3 aromatic rings. The molecule has 3 heterocycles. The molecule has 1 aliphatic rings. The molecule has 1 saturated heterocycles. The Labute approximate surface area is 143 Å². The van der Waals surface area contributed by atoms with Crippen molar-refractivity contribution in [2.24, 2.45) is 5.92 Å². The van der Waals surface area contributed by atoms with Gasteiger partial charge in [-0.2, -0.15) is 0 Å². The van der Waals surface area contributed by atoms with Gasteiger partial charge < -0.3 is 10.2 Å². The normalized spacial score (nSPS) is 15.5. The van der Waals surface area contributed by atoms with Gasteiger partial charge in [-0.1, -0.05) is 6.07 Å². The largest absolute Gasteiger partial charge is 0.353 e. The van der Waals surface area contributed by atoms with Crippen LogP contribution in [0.2, 0.25) is 0 Å². The van der Waals surface area contributed by atoms with Crippen molar-refractivity contribution < 1.29 is 9.18 Å². The quantitative estimate of drug-likeness (QED) is 0.790. The summed E-state index contributed by atoms with van der Waals surface area (Å²) in [4.78, 5) is 18.9. The van der Waals surface area contributed by atoms with Crippen LogP contribution < -0.4 is 10.2 Å². The van der Waals surface area contributed by atoms with E-state index in [-0.39, 0.29) is 17.6 Å². The Bertz CT molecular complexity index is 903. The third-order valence-corrected chi connectivity index (χ3v) is 4.45. The third-order valence-electron chi connectivity index (χ3n) is 4.45. The predicted octanol–water partition coefficient (Wildman–Crippen LogP) is 2.12. The summed E-state index contributed by atoms with van der Waals surface area (Å²) >= 11 is 0. The van der Waals surface area contributed by atoms with Crippen molar-refractivity contribution in [3.05, 3.63) is 48.8 Å². The lowest BCUT2D eigenvalue weighted by Crippen LogP contribution is -2.38. The van der Waals surface area contributed by atoms with Crippen LogP contribution >= 0.6 is 0 Å². The number of anilines is 2. The van der Waals surface area contributed by atoms with Gasteiger partial charge in [0.25, 0.3) is 0 Å². The molecule has 1 N–H and O–H groups in total. The minimum Gasteiger partial charge on any atom is -0.353 e. The molecule has 0 atom stereocenters. The Morgan fingerprint density at radius 3 is 2.92 bits per heavy atom. The zero-order valence-corrected chi connectivity index (χ0v) is 13.5. The Balaban J connectivity index is 1.41. The molecular weight excluding hydrogens is 323 g/mol. The summed E-state index contributed by atoms with van der Waals surface area (Å²) in [6.07, 6.45) is 6.57. The molecule has 1 aliphatic heterocycles. The van der Waals surface area contributed by atoms with Gasteiger partial charge in [0.1, 0.15) is 12.1 Å². The number of rotatable bonds is 3. The molecule has 2 aromatic heterocycles. The average molecular weight is 340 g/mol. The van der Waals surface area contributed by atoms with Crippen LogP contribution in [0, 0.1) is 11.7 Å². The summed E-state index contributed by atoms with van der Waals surface area (Å²) in [7, 11) is 0. The summed E-state index contributed by atoms with van der Waals surface area (Å²) < 4.78 is 15.0. The maximum Gasteiger partial charge on any atom is 0.227 e. The van der Waals surface area contributed by atoms with Gasteiger partial charge in [0, 0.05) is 37.1 Å². The number of carbonyl (C=O) groups excluding carboxylic acids is 1. The highest BCUT2D eigenvalue weighted by atomic mass is 19.1. The molecule has 0 saturated carbocycles. The number of hydrogen-bond donors (Lipinski definition) is 1. The summed E-state index contributed by atoms with van der Waals surface area (Å²) in [6, 6.07) is 5.94. The van der Waals surface area contributed by atoms with E-state index >= 15 is 0 Å². The lowest BCUT2D eigenvalue weighted by molar-refractivity contribution is -0.120. The highest BCUT2D eigenvalue weighted by Gasteiger charge is 2.27.